The molecule has 0 aliphatic rings. The molecule has 0 saturated heterocycles. The minimum absolute atomic E-state index is 0.173. The van der Waals surface area contributed by atoms with E-state index in [1.165, 1.54) is 6.92 Å². The van der Waals surface area contributed by atoms with Gasteiger partial charge in [0.1, 0.15) is 12.1 Å². The average molecular weight is 365 g/mol. The van der Waals surface area contributed by atoms with Gasteiger partial charge in [-0.2, -0.15) is 0 Å². The van der Waals surface area contributed by atoms with Gasteiger partial charge in [0, 0.05) is 0 Å². The molecular formula is C14H27N3O6S. The molecule has 0 aromatic carbocycles. The van der Waals surface area contributed by atoms with Gasteiger partial charge in [-0.25, -0.2) is 13.1 Å². The van der Waals surface area contributed by atoms with Crippen LogP contribution in [0.25, 0.3) is 0 Å². The van der Waals surface area contributed by atoms with Gasteiger partial charge in [-0.1, -0.05) is 32.6 Å². The van der Waals surface area contributed by atoms with Crippen LogP contribution in [0.5, 0.6) is 0 Å². The number of hydrogen-bond acceptors (Lipinski definition) is 5. The highest BCUT2D eigenvalue weighted by Gasteiger charge is 2.28. The second kappa shape index (κ2) is 11.0. The number of carboxylic acids is 1. The van der Waals surface area contributed by atoms with Crippen molar-refractivity contribution in [1.82, 2.24) is 10.0 Å². The minimum atomic E-state index is -3.78. The summed E-state index contributed by atoms with van der Waals surface area (Å²) in [4.78, 5) is 33.8. The molecule has 0 aromatic heterocycles. The van der Waals surface area contributed by atoms with Crippen LogP contribution < -0.4 is 15.8 Å². The first kappa shape index (κ1) is 22.3. The van der Waals surface area contributed by atoms with E-state index in [1.807, 2.05) is 6.92 Å². The normalized spacial score (nSPS) is 13.9. The number of nitrogens with one attached hydrogen (secondary N) is 2. The summed E-state index contributed by atoms with van der Waals surface area (Å²) in [6, 6.07) is -2.64. The number of carboxylic acid groups (broad SMARTS) is 1. The van der Waals surface area contributed by atoms with E-state index in [1.54, 1.807) is 0 Å². The number of carbonyl (C=O) groups is 3. The summed E-state index contributed by atoms with van der Waals surface area (Å²) in [5.41, 5.74) is 5.03. The van der Waals surface area contributed by atoms with Gasteiger partial charge in [-0.3, -0.25) is 14.4 Å². The molecule has 0 aliphatic heterocycles. The maximum absolute atomic E-state index is 12.0. The van der Waals surface area contributed by atoms with E-state index in [0.717, 1.165) is 25.7 Å². The van der Waals surface area contributed by atoms with E-state index in [4.69, 9.17) is 10.8 Å². The van der Waals surface area contributed by atoms with Crippen molar-refractivity contribution in [3.8, 4) is 0 Å². The molecule has 5 N–H and O–H groups in total. The van der Waals surface area contributed by atoms with Gasteiger partial charge < -0.3 is 16.2 Å². The van der Waals surface area contributed by atoms with Crippen LogP contribution in [0.15, 0.2) is 0 Å². The molecule has 0 radical (unpaired) electrons. The van der Waals surface area contributed by atoms with Gasteiger partial charge in [0.15, 0.2) is 0 Å². The van der Waals surface area contributed by atoms with Crippen molar-refractivity contribution in [2.45, 2.75) is 64.5 Å². The standard InChI is InChI=1S/C14H27N3O6S/c1-3-4-5-6-7-8-24(22,23)17-11(9-12(15)18)13(19)16-10(2)14(20)21/h10-11,17H,3-9H2,1-2H3,(H2,15,18)(H,16,19)(H,20,21)/t10-,11+/m0/s1. The third-order valence-electron chi connectivity index (χ3n) is 3.29. The van der Waals surface area contributed by atoms with E-state index >= 15 is 0 Å². The molecule has 0 saturated carbocycles. The van der Waals surface area contributed by atoms with Gasteiger partial charge in [-0.05, 0) is 13.3 Å². The van der Waals surface area contributed by atoms with Gasteiger partial charge in [-0.15, -0.1) is 0 Å². The van der Waals surface area contributed by atoms with Crippen LogP contribution in [0, 0.1) is 0 Å². The zero-order valence-corrected chi connectivity index (χ0v) is 14.9. The molecule has 24 heavy (non-hydrogen) atoms. The molecule has 0 aliphatic carbocycles. The van der Waals surface area contributed by atoms with Gasteiger partial charge >= 0.3 is 5.97 Å². The highest BCUT2D eigenvalue weighted by atomic mass is 32.2. The summed E-state index contributed by atoms with van der Waals surface area (Å²) < 4.78 is 26.2. The second-order valence-corrected chi connectivity index (χ2v) is 7.52. The summed E-state index contributed by atoms with van der Waals surface area (Å²) in [6.07, 6.45) is 3.62. The molecule has 10 heteroatoms. The van der Waals surface area contributed by atoms with Crippen LogP contribution in [0.2, 0.25) is 0 Å². The Hall–Kier alpha value is -1.68. The lowest BCUT2D eigenvalue weighted by Gasteiger charge is -2.18. The van der Waals surface area contributed by atoms with Crippen molar-refractivity contribution < 1.29 is 27.9 Å². The second-order valence-electron chi connectivity index (χ2n) is 5.64. The first-order chi connectivity index (χ1) is 11.1. The first-order valence-electron chi connectivity index (χ1n) is 7.90. The number of hydrogen-bond donors (Lipinski definition) is 4. The van der Waals surface area contributed by atoms with Gasteiger partial charge in [0.05, 0.1) is 12.2 Å². The molecule has 0 bridgehead atoms. The molecule has 140 valence electrons. The summed E-state index contributed by atoms with van der Waals surface area (Å²) in [7, 11) is -3.78. The number of sulfonamides is 1. The lowest BCUT2D eigenvalue weighted by Crippen LogP contribution is -2.52. The molecule has 0 spiro atoms. The topological polar surface area (TPSA) is 156 Å². The Bertz CT molecular complexity index is 535. The van der Waals surface area contributed by atoms with Crippen molar-refractivity contribution in [3.63, 3.8) is 0 Å². The number of amides is 2. The van der Waals surface area contributed by atoms with E-state index in [-0.39, 0.29) is 5.75 Å². The minimum Gasteiger partial charge on any atom is -0.480 e. The lowest BCUT2D eigenvalue weighted by atomic mass is 10.2. The zero-order chi connectivity index (χ0) is 18.8. The van der Waals surface area contributed by atoms with E-state index in [9.17, 15) is 22.8 Å². The Morgan fingerprint density at radius 3 is 2.21 bits per heavy atom. The van der Waals surface area contributed by atoms with Crippen LogP contribution in [0.3, 0.4) is 0 Å². The van der Waals surface area contributed by atoms with Crippen LogP contribution in [-0.4, -0.2) is 49.1 Å². The van der Waals surface area contributed by atoms with Crippen molar-refractivity contribution in [3.05, 3.63) is 0 Å². The molecular weight excluding hydrogens is 338 g/mol. The van der Waals surface area contributed by atoms with Gasteiger partial charge in [0.2, 0.25) is 21.8 Å². The highest BCUT2D eigenvalue weighted by molar-refractivity contribution is 7.89. The Labute approximate surface area is 142 Å². The predicted molar refractivity (Wildman–Crippen MR) is 88.5 cm³/mol. The molecule has 0 unspecified atom stereocenters. The Balaban J connectivity index is 4.72. The average Bonchev–Trinajstić information content (AvgIpc) is 2.45. The molecule has 0 rings (SSSR count). The van der Waals surface area contributed by atoms with Crippen molar-refractivity contribution >= 4 is 27.8 Å². The summed E-state index contributed by atoms with van der Waals surface area (Å²) >= 11 is 0. The Morgan fingerprint density at radius 1 is 1.12 bits per heavy atom. The molecule has 0 aromatic rings. The van der Waals surface area contributed by atoms with Crippen LogP contribution in [-0.2, 0) is 24.4 Å². The quantitative estimate of drug-likeness (QED) is 0.329. The first-order valence-corrected chi connectivity index (χ1v) is 9.55. The van der Waals surface area contributed by atoms with E-state index < -0.39 is 46.3 Å². The van der Waals surface area contributed by atoms with Crippen molar-refractivity contribution in [2.75, 3.05) is 5.75 Å². The maximum atomic E-state index is 12.0. The molecule has 0 heterocycles. The number of nitrogens with two attached hydrogens (primary N) is 1. The fourth-order valence-corrected chi connectivity index (χ4v) is 3.26. The Kier molecular flexibility index (Phi) is 10.2. The fraction of sp³-hybridized carbons (Fsp3) is 0.786. The Morgan fingerprint density at radius 2 is 1.71 bits per heavy atom. The van der Waals surface area contributed by atoms with Gasteiger partial charge in [0.25, 0.3) is 0 Å². The molecule has 9 nitrogen and oxygen atoms in total. The number of primary amides is 1. The monoisotopic (exact) mass is 365 g/mol. The van der Waals surface area contributed by atoms with E-state index in [0.29, 0.717) is 6.42 Å². The van der Waals surface area contributed by atoms with Crippen LogP contribution >= 0.6 is 0 Å². The SMILES string of the molecule is CCCCCCCS(=O)(=O)N[C@H](CC(N)=O)C(=O)N[C@@H](C)C(=O)O. The number of carbonyl (C=O) groups excluding carboxylic acids is 2. The summed E-state index contributed by atoms with van der Waals surface area (Å²) in [5.74, 6) is -3.23. The number of rotatable bonds is 13. The van der Waals surface area contributed by atoms with Crippen molar-refractivity contribution in [2.24, 2.45) is 5.73 Å². The van der Waals surface area contributed by atoms with Crippen LogP contribution in [0.4, 0.5) is 0 Å². The summed E-state index contributed by atoms with van der Waals surface area (Å²) in [6.45, 7) is 3.27. The zero-order valence-electron chi connectivity index (χ0n) is 14.1. The molecule has 0 fully saturated rings. The maximum Gasteiger partial charge on any atom is 0.325 e. The third kappa shape index (κ3) is 10.2. The van der Waals surface area contributed by atoms with E-state index in [2.05, 4.69) is 10.0 Å². The number of unbranched alkanes of at least 4 members (excludes halogenated alkanes) is 4. The van der Waals surface area contributed by atoms with Crippen LogP contribution in [0.1, 0.15) is 52.4 Å². The largest absolute Gasteiger partial charge is 0.480 e. The molecule has 2 atom stereocenters. The smallest absolute Gasteiger partial charge is 0.325 e. The molecule has 2 amide bonds. The van der Waals surface area contributed by atoms with Crippen molar-refractivity contribution in [1.29, 1.82) is 0 Å². The highest BCUT2D eigenvalue weighted by Crippen LogP contribution is 2.05. The predicted octanol–water partition coefficient (Wildman–Crippen LogP) is -0.290. The summed E-state index contributed by atoms with van der Waals surface area (Å²) in [5, 5.41) is 10.9. The lowest BCUT2D eigenvalue weighted by molar-refractivity contribution is -0.141. The third-order valence-corrected chi connectivity index (χ3v) is 4.76. The fourth-order valence-electron chi connectivity index (χ4n) is 1.94. The number of aliphatic carboxylic acids is 1.